The summed E-state index contributed by atoms with van der Waals surface area (Å²) in [6, 6.07) is 0. The Morgan fingerprint density at radius 1 is 1.58 bits per heavy atom. The van der Waals surface area contributed by atoms with E-state index in [0.717, 1.165) is 17.9 Å². The molecule has 3 nitrogen and oxygen atoms in total. The first-order valence-electron chi connectivity index (χ1n) is 4.17. The van der Waals surface area contributed by atoms with E-state index in [1.165, 1.54) is 0 Å². The van der Waals surface area contributed by atoms with E-state index in [-0.39, 0.29) is 18.4 Å². The fourth-order valence-corrected chi connectivity index (χ4v) is 2.56. The molecule has 2 atom stereocenters. The van der Waals surface area contributed by atoms with Crippen LogP contribution in [0.1, 0.15) is 19.3 Å². The normalized spacial score (nSPS) is 30.1. The van der Waals surface area contributed by atoms with Gasteiger partial charge in [0.15, 0.2) is 0 Å². The number of carboxylic acids is 1. The molecule has 0 saturated carbocycles. The van der Waals surface area contributed by atoms with E-state index in [2.05, 4.69) is 0 Å². The van der Waals surface area contributed by atoms with Crippen LogP contribution < -0.4 is 0 Å². The highest BCUT2D eigenvalue weighted by Crippen LogP contribution is 2.26. The second-order valence-electron chi connectivity index (χ2n) is 3.12. The van der Waals surface area contributed by atoms with Gasteiger partial charge in [-0.1, -0.05) is 0 Å². The maximum atomic E-state index is 10.3. The molecule has 0 amide bonds. The van der Waals surface area contributed by atoms with Crippen molar-refractivity contribution in [3.63, 3.8) is 0 Å². The number of carbonyl (C=O) groups is 1. The molecule has 4 heteroatoms. The van der Waals surface area contributed by atoms with Gasteiger partial charge in [0.25, 0.3) is 0 Å². The molecule has 1 heterocycles. The number of aliphatic carboxylic acids is 1. The summed E-state index contributed by atoms with van der Waals surface area (Å²) in [5, 5.41) is 17.9. The molecular weight excluding hydrogens is 176 g/mol. The van der Waals surface area contributed by atoms with Gasteiger partial charge >= 0.3 is 5.97 Å². The highest BCUT2D eigenvalue weighted by atomic mass is 32.2. The third-order valence-electron chi connectivity index (χ3n) is 2.19. The fraction of sp³-hybridized carbons (Fsp3) is 0.875. The van der Waals surface area contributed by atoms with Crippen LogP contribution in [-0.4, -0.2) is 33.8 Å². The quantitative estimate of drug-likeness (QED) is 0.696. The Bertz CT molecular complexity index is 160. The van der Waals surface area contributed by atoms with Crippen molar-refractivity contribution in [1.29, 1.82) is 0 Å². The van der Waals surface area contributed by atoms with Crippen LogP contribution in [0.5, 0.6) is 0 Å². The first-order valence-corrected chi connectivity index (χ1v) is 5.33. The summed E-state index contributed by atoms with van der Waals surface area (Å²) >= 11 is 1.74. The number of hydrogen-bond donors (Lipinski definition) is 2. The maximum absolute atomic E-state index is 10.3. The van der Waals surface area contributed by atoms with E-state index in [4.69, 9.17) is 5.11 Å². The van der Waals surface area contributed by atoms with Crippen molar-refractivity contribution in [2.45, 2.75) is 25.4 Å². The number of hydrogen-bond acceptors (Lipinski definition) is 3. The zero-order chi connectivity index (χ0) is 8.97. The zero-order valence-electron chi connectivity index (χ0n) is 6.90. The van der Waals surface area contributed by atoms with Gasteiger partial charge in [0.1, 0.15) is 0 Å². The minimum atomic E-state index is -0.763. The Morgan fingerprint density at radius 2 is 2.33 bits per heavy atom. The van der Waals surface area contributed by atoms with Crippen molar-refractivity contribution in [1.82, 2.24) is 0 Å². The van der Waals surface area contributed by atoms with Crippen LogP contribution in [0.4, 0.5) is 0 Å². The highest BCUT2D eigenvalue weighted by molar-refractivity contribution is 7.99. The second-order valence-corrected chi connectivity index (χ2v) is 4.27. The summed E-state index contributed by atoms with van der Waals surface area (Å²) in [6.07, 6.45) is 1.48. The number of aliphatic hydroxyl groups excluding tert-OH is 1. The van der Waals surface area contributed by atoms with Crippen LogP contribution in [-0.2, 0) is 4.79 Å². The predicted molar refractivity (Wildman–Crippen MR) is 48.3 cm³/mol. The summed E-state index contributed by atoms with van der Waals surface area (Å²) < 4.78 is 0. The molecule has 1 saturated heterocycles. The van der Waals surface area contributed by atoms with Crippen molar-refractivity contribution >= 4 is 17.7 Å². The Labute approximate surface area is 76.2 Å². The molecule has 0 aliphatic carbocycles. The van der Waals surface area contributed by atoms with Crippen molar-refractivity contribution in [3.8, 4) is 0 Å². The van der Waals surface area contributed by atoms with Crippen molar-refractivity contribution in [2.75, 3.05) is 11.5 Å². The minimum Gasteiger partial charge on any atom is -0.481 e. The van der Waals surface area contributed by atoms with Crippen molar-refractivity contribution in [2.24, 2.45) is 5.92 Å². The Hall–Kier alpha value is -0.220. The summed E-state index contributed by atoms with van der Waals surface area (Å²) in [5.41, 5.74) is 0. The summed E-state index contributed by atoms with van der Waals surface area (Å²) in [4.78, 5) is 10.3. The molecule has 0 radical (unpaired) electrons. The van der Waals surface area contributed by atoms with E-state index in [0.29, 0.717) is 6.42 Å². The topological polar surface area (TPSA) is 57.5 Å². The van der Waals surface area contributed by atoms with E-state index in [9.17, 15) is 9.90 Å². The standard InChI is InChI=1S/C8H14O3S/c9-7-5-12-4-3-6(7)1-2-8(10)11/h6-7,9H,1-5H2,(H,10,11)/t6-,7-/m0/s1. The van der Waals surface area contributed by atoms with Gasteiger partial charge in [-0.2, -0.15) is 11.8 Å². The van der Waals surface area contributed by atoms with Crippen molar-refractivity contribution < 1.29 is 15.0 Å². The molecule has 1 fully saturated rings. The lowest BCUT2D eigenvalue weighted by molar-refractivity contribution is -0.137. The van der Waals surface area contributed by atoms with Crippen molar-refractivity contribution in [3.05, 3.63) is 0 Å². The van der Waals surface area contributed by atoms with Gasteiger partial charge in [0.05, 0.1) is 6.10 Å². The summed E-state index contributed by atoms with van der Waals surface area (Å²) in [5.74, 6) is 1.27. The molecule has 0 aromatic heterocycles. The van der Waals surface area contributed by atoms with Gasteiger partial charge in [-0.25, -0.2) is 0 Å². The molecular formula is C8H14O3S. The molecule has 0 unspecified atom stereocenters. The van der Waals surface area contributed by atoms with Gasteiger partial charge in [-0.05, 0) is 24.5 Å². The first kappa shape index (κ1) is 9.86. The van der Waals surface area contributed by atoms with Gasteiger partial charge in [0, 0.05) is 12.2 Å². The second kappa shape index (κ2) is 4.72. The lowest BCUT2D eigenvalue weighted by Crippen LogP contribution is -2.28. The maximum Gasteiger partial charge on any atom is 0.303 e. The molecule has 2 N–H and O–H groups in total. The van der Waals surface area contributed by atoms with Gasteiger partial charge in [-0.3, -0.25) is 4.79 Å². The molecule has 0 aromatic carbocycles. The smallest absolute Gasteiger partial charge is 0.303 e. The molecule has 0 spiro atoms. The Morgan fingerprint density at radius 3 is 2.92 bits per heavy atom. The third kappa shape index (κ3) is 3.03. The van der Waals surface area contributed by atoms with E-state index >= 15 is 0 Å². The Balaban J connectivity index is 2.24. The van der Waals surface area contributed by atoms with Crippen LogP contribution in [0.2, 0.25) is 0 Å². The third-order valence-corrected chi connectivity index (χ3v) is 3.30. The first-order chi connectivity index (χ1) is 5.70. The van der Waals surface area contributed by atoms with E-state index in [1.807, 2.05) is 0 Å². The molecule has 1 rings (SSSR count). The van der Waals surface area contributed by atoms with E-state index in [1.54, 1.807) is 11.8 Å². The number of rotatable bonds is 3. The monoisotopic (exact) mass is 190 g/mol. The van der Waals surface area contributed by atoms with Crippen LogP contribution in [0.25, 0.3) is 0 Å². The van der Waals surface area contributed by atoms with Crippen LogP contribution in [0.3, 0.4) is 0 Å². The van der Waals surface area contributed by atoms with Gasteiger partial charge in [-0.15, -0.1) is 0 Å². The lowest BCUT2D eigenvalue weighted by atomic mass is 9.95. The van der Waals surface area contributed by atoms with Crippen LogP contribution >= 0.6 is 11.8 Å². The van der Waals surface area contributed by atoms with Crippen LogP contribution in [0, 0.1) is 5.92 Å². The van der Waals surface area contributed by atoms with Crippen LogP contribution in [0.15, 0.2) is 0 Å². The zero-order valence-corrected chi connectivity index (χ0v) is 7.72. The average Bonchev–Trinajstić information content (AvgIpc) is 2.03. The average molecular weight is 190 g/mol. The van der Waals surface area contributed by atoms with Gasteiger partial charge < -0.3 is 10.2 Å². The summed E-state index contributed by atoms with van der Waals surface area (Å²) in [6.45, 7) is 0. The lowest BCUT2D eigenvalue weighted by Gasteiger charge is -2.26. The SMILES string of the molecule is O=C(O)CC[C@H]1CCSC[C@@H]1O. The highest BCUT2D eigenvalue weighted by Gasteiger charge is 2.23. The number of carboxylic acid groups (broad SMARTS) is 1. The summed E-state index contributed by atoms with van der Waals surface area (Å²) in [7, 11) is 0. The predicted octanol–water partition coefficient (Wildman–Crippen LogP) is 0.965. The molecule has 0 bridgehead atoms. The Kier molecular flexibility index (Phi) is 3.88. The van der Waals surface area contributed by atoms with E-state index < -0.39 is 5.97 Å². The molecule has 12 heavy (non-hydrogen) atoms. The molecule has 1 aliphatic heterocycles. The minimum absolute atomic E-state index is 0.187. The molecule has 70 valence electrons. The number of thioether (sulfide) groups is 1. The van der Waals surface area contributed by atoms with Gasteiger partial charge in [0.2, 0.25) is 0 Å². The molecule has 1 aliphatic rings. The number of aliphatic hydroxyl groups is 1. The molecule has 0 aromatic rings. The fourth-order valence-electron chi connectivity index (χ4n) is 1.41. The largest absolute Gasteiger partial charge is 0.481 e.